The van der Waals surface area contributed by atoms with Crippen LogP contribution in [0.4, 0.5) is 0 Å². The summed E-state index contributed by atoms with van der Waals surface area (Å²) >= 11 is 0. The van der Waals surface area contributed by atoms with Gasteiger partial charge in [-0.2, -0.15) is 0 Å². The zero-order valence-corrected chi connectivity index (χ0v) is 8.70. The molecule has 3 nitrogen and oxygen atoms in total. The zero-order valence-electron chi connectivity index (χ0n) is 8.70. The lowest BCUT2D eigenvalue weighted by Crippen LogP contribution is -2.42. The van der Waals surface area contributed by atoms with Gasteiger partial charge in [0.05, 0.1) is 0 Å². The van der Waals surface area contributed by atoms with Crippen LogP contribution in [0.2, 0.25) is 0 Å². The summed E-state index contributed by atoms with van der Waals surface area (Å²) in [4.78, 5) is 11.3. The molecule has 0 aromatic carbocycles. The molecule has 2 unspecified atom stereocenters. The summed E-state index contributed by atoms with van der Waals surface area (Å²) in [5.41, 5.74) is 0. The molecule has 2 N–H and O–H groups in total. The van der Waals surface area contributed by atoms with E-state index < -0.39 is 0 Å². The monoisotopic (exact) mass is 197 g/mol. The maximum atomic E-state index is 11.3. The van der Waals surface area contributed by atoms with Gasteiger partial charge in [-0.15, -0.1) is 0 Å². The van der Waals surface area contributed by atoms with Gasteiger partial charge in [0.2, 0.25) is 5.91 Å². The minimum atomic E-state index is -0.0437. The van der Waals surface area contributed by atoms with Crippen molar-refractivity contribution in [2.45, 2.75) is 38.6 Å². The van der Waals surface area contributed by atoms with Crippen molar-refractivity contribution in [1.82, 2.24) is 5.32 Å². The molecule has 1 fully saturated rings. The molecule has 0 aliphatic heterocycles. The zero-order chi connectivity index (χ0) is 10.4. The molecule has 80 valence electrons. The highest BCUT2D eigenvalue weighted by atomic mass is 16.3. The highest BCUT2D eigenvalue weighted by molar-refractivity contribution is 5.87. The van der Waals surface area contributed by atoms with Gasteiger partial charge in [0.25, 0.3) is 0 Å². The van der Waals surface area contributed by atoms with E-state index in [4.69, 9.17) is 5.11 Å². The van der Waals surface area contributed by atoms with Crippen molar-refractivity contribution in [3.8, 4) is 0 Å². The Balaban J connectivity index is 2.44. The summed E-state index contributed by atoms with van der Waals surface area (Å²) in [6.07, 6.45) is 7.60. The molecule has 2 atom stereocenters. The van der Waals surface area contributed by atoms with Crippen molar-refractivity contribution in [2.24, 2.45) is 5.92 Å². The number of allylic oxidation sites excluding steroid dienone is 1. The van der Waals surface area contributed by atoms with Crippen LogP contribution in [-0.4, -0.2) is 23.7 Å². The van der Waals surface area contributed by atoms with E-state index in [9.17, 15) is 4.79 Å². The highest BCUT2D eigenvalue weighted by Crippen LogP contribution is 2.23. The summed E-state index contributed by atoms with van der Waals surface area (Å²) in [7, 11) is 0. The first-order valence-electron chi connectivity index (χ1n) is 5.32. The minimum absolute atomic E-state index is 0.0437. The van der Waals surface area contributed by atoms with E-state index in [-0.39, 0.29) is 24.5 Å². The number of amides is 1. The fourth-order valence-corrected chi connectivity index (χ4v) is 2.00. The predicted molar refractivity (Wildman–Crippen MR) is 55.8 cm³/mol. The second kappa shape index (κ2) is 5.81. The molecule has 1 aliphatic carbocycles. The van der Waals surface area contributed by atoms with Crippen molar-refractivity contribution >= 4 is 5.91 Å². The summed E-state index contributed by atoms with van der Waals surface area (Å²) in [5, 5.41) is 12.1. The molecule has 0 aromatic heterocycles. The summed E-state index contributed by atoms with van der Waals surface area (Å²) in [6, 6.07) is 0.164. The summed E-state index contributed by atoms with van der Waals surface area (Å²) in [5.74, 6) is 0.204. The molecule has 3 heteroatoms. The fraction of sp³-hybridized carbons (Fsp3) is 0.727. The number of carbonyl (C=O) groups excluding carboxylic acids is 1. The Morgan fingerprint density at radius 1 is 1.50 bits per heavy atom. The van der Waals surface area contributed by atoms with Gasteiger partial charge in [0.1, 0.15) is 0 Å². The topological polar surface area (TPSA) is 49.3 Å². The fourth-order valence-electron chi connectivity index (χ4n) is 2.00. The molecule has 0 radical (unpaired) electrons. The maximum Gasteiger partial charge on any atom is 0.243 e. The number of carbonyl (C=O) groups is 1. The Labute approximate surface area is 85.2 Å². The van der Waals surface area contributed by atoms with E-state index >= 15 is 0 Å². The molecule has 14 heavy (non-hydrogen) atoms. The number of rotatable bonds is 3. The standard InChI is InChI=1S/C11H19NO2/c1-2-5-11(14)12-10-7-4-3-6-9(10)8-13/h2,5,9-10,13H,3-4,6-8H2,1H3,(H,12,14)/b5-2+. The van der Waals surface area contributed by atoms with Crippen molar-refractivity contribution in [2.75, 3.05) is 6.61 Å². The second-order valence-corrected chi connectivity index (χ2v) is 3.84. The molecule has 1 aliphatic rings. The van der Waals surface area contributed by atoms with Gasteiger partial charge in [-0.05, 0) is 25.8 Å². The number of aliphatic hydroxyl groups excluding tert-OH is 1. The van der Waals surface area contributed by atoms with Crippen molar-refractivity contribution < 1.29 is 9.90 Å². The quantitative estimate of drug-likeness (QED) is 0.668. The predicted octanol–water partition coefficient (Wildman–Crippen LogP) is 1.23. The first kappa shape index (κ1) is 11.2. The van der Waals surface area contributed by atoms with Crippen LogP contribution in [0.3, 0.4) is 0 Å². The molecule has 0 saturated heterocycles. The molecule has 0 spiro atoms. The van der Waals surface area contributed by atoms with Gasteiger partial charge >= 0.3 is 0 Å². The van der Waals surface area contributed by atoms with Crippen molar-refractivity contribution in [1.29, 1.82) is 0 Å². The first-order valence-corrected chi connectivity index (χ1v) is 5.32. The molecule has 1 saturated carbocycles. The third-order valence-electron chi connectivity index (χ3n) is 2.79. The van der Waals surface area contributed by atoms with Gasteiger partial charge in [-0.3, -0.25) is 4.79 Å². The lowest BCUT2D eigenvalue weighted by atomic mass is 9.85. The second-order valence-electron chi connectivity index (χ2n) is 3.84. The third kappa shape index (κ3) is 3.14. The Morgan fingerprint density at radius 3 is 2.86 bits per heavy atom. The lowest BCUT2D eigenvalue weighted by Gasteiger charge is -2.30. The van der Waals surface area contributed by atoms with E-state index in [2.05, 4.69) is 5.32 Å². The number of aliphatic hydroxyl groups is 1. The number of nitrogens with one attached hydrogen (secondary N) is 1. The van der Waals surface area contributed by atoms with Crippen molar-refractivity contribution in [3.63, 3.8) is 0 Å². The van der Waals surface area contributed by atoms with E-state index in [1.165, 1.54) is 12.5 Å². The van der Waals surface area contributed by atoms with Gasteiger partial charge in [0.15, 0.2) is 0 Å². The number of hydrogen-bond acceptors (Lipinski definition) is 2. The minimum Gasteiger partial charge on any atom is -0.396 e. The molecule has 0 bridgehead atoms. The van der Waals surface area contributed by atoms with Gasteiger partial charge in [0, 0.05) is 18.6 Å². The van der Waals surface area contributed by atoms with Crippen LogP contribution in [0, 0.1) is 5.92 Å². The summed E-state index contributed by atoms with van der Waals surface area (Å²) in [6.45, 7) is 2.00. The molecule has 0 heterocycles. The lowest BCUT2D eigenvalue weighted by molar-refractivity contribution is -0.117. The van der Waals surface area contributed by atoms with Gasteiger partial charge in [-0.25, -0.2) is 0 Å². The van der Waals surface area contributed by atoms with Crippen LogP contribution in [0.25, 0.3) is 0 Å². The molecule has 1 amide bonds. The molecular formula is C11H19NO2. The van der Waals surface area contributed by atoms with Gasteiger partial charge in [-0.1, -0.05) is 18.9 Å². The van der Waals surface area contributed by atoms with E-state index in [1.54, 1.807) is 6.08 Å². The summed E-state index contributed by atoms with van der Waals surface area (Å²) < 4.78 is 0. The maximum absolute atomic E-state index is 11.3. The Hall–Kier alpha value is -0.830. The third-order valence-corrected chi connectivity index (χ3v) is 2.79. The van der Waals surface area contributed by atoms with Crippen LogP contribution in [0.15, 0.2) is 12.2 Å². The number of hydrogen-bond donors (Lipinski definition) is 2. The largest absolute Gasteiger partial charge is 0.396 e. The Kier molecular flexibility index (Phi) is 4.66. The van der Waals surface area contributed by atoms with Crippen LogP contribution in [0.5, 0.6) is 0 Å². The highest BCUT2D eigenvalue weighted by Gasteiger charge is 2.24. The molecule has 0 aromatic rings. The SMILES string of the molecule is C/C=C/C(=O)NC1CCCCC1CO. The van der Waals surface area contributed by atoms with Crippen LogP contribution >= 0.6 is 0 Å². The molecular weight excluding hydrogens is 178 g/mol. The average molecular weight is 197 g/mol. The van der Waals surface area contributed by atoms with Crippen LogP contribution in [0.1, 0.15) is 32.6 Å². The van der Waals surface area contributed by atoms with E-state index in [0.29, 0.717) is 0 Å². The molecule has 1 rings (SSSR count). The van der Waals surface area contributed by atoms with E-state index in [1.807, 2.05) is 6.92 Å². The normalized spacial score (nSPS) is 27.9. The van der Waals surface area contributed by atoms with E-state index in [0.717, 1.165) is 19.3 Å². The average Bonchev–Trinajstić information content (AvgIpc) is 2.19. The van der Waals surface area contributed by atoms with Crippen LogP contribution in [-0.2, 0) is 4.79 Å². The van der Waals surface area contributed by atoms with Gasteiger partial charge < -0.3 is 10.4 Å². The first-order chi connectivity index (χ1) is 6.77. The smallest absolute Gasteiger partial charge is 0.243 e. The van der Waals surface area contributed by atoms with Crippen LogP contribution < -0.4 is 5.32 Å². The Bertz CT molecular complexity index is 213. The van der Waals surface area contributed by atoms with Crippen molar-refractivity contribution in [3.05, 3.63) is 12.2 Å². The Morgan fingerprint density at radius 2 is 2.21 bits per heavy atom.